The van der Waals surface area contributed by atoms with Gasteiger partial charge in [-0.15, -0.1) is 0 Å². The smallest absolute Gasteiger partial charge is 0.338 e. The van der Waals surface area contributed by atoms with Crippen LogP contribution >= 0.6 is 0 Å². The molecular weight excluding hydrogens is 434 g/mol. The monoisotopic (exact) mass is 469 g/mol. The number of carbonyl (C=O) groups excluding carboxylic acids is 2. The third-order valence-corrected chi connectivity index (χ3v) is 6.07. The normalized spacial score (nSPS) is 11.8. The lowest BCUT2D eigenvalue weighted by Crippen LogP contribution is -2.25. The van der Waals surface area contributed by atoms with E-state index in [1.165, 1.54) is 31.9 Å². The molecule has 0 aliphatic carbocycles. The Morgan fingerprint density at radius 3 is 2.29 bits per heavy atom. The second kappa shape index (κ2) is 12.9. The van der Waals surface area contributed by atoms with Crippen LogP contribution in [0.2, 0.25) is 0 Å². The molecule has 0 fully saturated rings. The number of benzene rings is 1. The summed E-state index contributed by atoms with van der Waals surface area (Å²) in [4.78, 5) is 28.4. The van der Waals surface area contributed by atoms with Crippen molar-refractivity contribution in [1.82, 2.24) is 4.98 Å². The molecule has 0 amide bonds. The molecule has 1 N–H and O–H groups in total. The zero-order valence-electron chi connectivity index (χ0n) is 20.7. The Morgan fingerprint density at radius 1 is 1.00 bits per heavy atom. The highest BCUT2D eigenvalue weighted by Crippen LogP contribution is 2.25. The highest BCUT2D eigenvalue weighted by molar-refractivity contribution is 6.03. The van der Waals surface area contributed by atoms with Crippen molar-refractivity contribution in [3.63, 3.8) is 0 Å². The minimum atomic E-state index is -0.648. The molecule has 0 aliphatic rings. The first-order valence-corrected chi connectivity index (χ1v) is 11.6. The number of nitrogens with zero attached hydrogens (tertiary/aromatic N) is 1. The van der Waals surface area contributed by atoms with E-state index < -0.39 is 17.5 Å². The Labute approximate surface area is 201 Å². The average molecular weight is 470 g/mol. The second-order valence-corrected chi connectivity index (χ2v) is 8.11. The number of methoxy groups -OCH3 is 2. The molecule has 1 heterocycles. The Morgan fingerprint density at radius 2 is 1.68 bits per heavy atom. The van der Waals surface area contributed by atoms with Crippen molar-refractivity contribution >= 4 is 17.5 Å². The molecule has 1 aromatic heterocycles. The summed E-state index contributed by atoms with van der Waals surface area (Å²) in [6, 6.07) is 6.58. The van der Waals surface area contributed by atoms with Gasteiger partial charge in [-0.05, 0) is 67.5 Å². The van der Waals surface area contributed by atoms with Gasteiger partial charge in [0.05, 0.1) is 30.9 Å². The molecule has 7 heteroatoms. The fourth-order valence-corrected chi connectivity index (χ4v) is 3.67. The van der Waals surface area contributed by atoms with E-state index >= 15 is 0 Å². The van der Waals surface area contributed by atoms with Crippen LogP contribution in [0.4, 0.5) is 0 Å². The molecule has 1 aromatic carbocycles. The molecule has 2 aromatic rings. The lowest BCUT2D eigenvalue weighted by atomic mass is 9.91. The molecule has 7 nitrogen and oxygen atoms in total. The van der Waals surface area contributed by atoms with Crippen LogP contribution in [0.5, 0.6) is 5.75 Å². The summed E-state index contributed by atoms with van der Waals surface area (Å²) in [5.41, 5.74) is 2.62. The SMILES string of the molecule is CCC(=CCCC(O)(CC)CC)c1cncc(COc2ccc(C(=O)OC)c(C(=O)OC)c2)c1. The lowest BCUT2D eigenvalue weighted by Gasteiger charge is -2.24. The molecule has 184 valence electrons. The number of esters is 2. The van der Waals surface area contributed by atoms with Crippen molar-refractivity contribution in [2.24, 2.45) is 0 Å². The zero-order chi connectivity index (χ0) is 25.1. The minimum absolute atomic E-state index is 0.0778. The summed E-state index contributed by atoms with van der Waals surface area (Å²) in [6.45, 7) is 6.36. The van der Waals surface area contributed by atoms with Crippen molar-refractivity contribution in [3.05, 3.63) is 65.0 Å². The van der Waals surface area contributed by atoms with Crippen molar-refractivity contribution in [2.75, 3.05) is 14.2 Å². The summed E-state index contributed by atoms with van der Waals surface area (Å²) < 4.78 is 15.4. The van der Waals surface area contributed by atoms with E-state index in [-0.39, 0.29) is 17.7 Å². The molecule has 0 spiro atoms. The first-order valence-electron chi connectivity index (χ1n) is 11.6. The van der Waals surface area contributed by atoms with Gasteiger partial charge < -0.3 is 19.3 Å². The van der Waals surface area contributed by atoms with Crippen molar-refractivity contribution < 1.29 is 28.9 Å². The summed E-state index contributed by atoms with van der Waals surface area (Å²) in [5.74, 6) is -0.854. The van der Waals surface area contributed by atoms with Crippen LogP contribution in [0.3, 0.4) is 0 Å². The predicted molar refractivity (Wildman–Crippen MR) is 131 cm³/mol. The van der Waals surface area contributed by atoms with Gasteiger partial charge in [0.25, 0.3) is 0 Å². The molecule has 34 heavy (non-hydrogen) atoms. The van der Waals surface area contributed by atoms with E-state index in [2.05, 4.69) is 18.0 Å². The van der Waals surface area contributed by atoms with Crippen LogP contribution in [0.25, 0.3) is 5.57 Å². The number of aromatic nitrogens is 1. The fourth-order valence-electron chi connectivity index (χ4n) is 3.67. The number of carbonyl (C=O) groups is 2. The van der Waals surface area contributed by atoms with Crippen LogP contribution in [0, 0.1) is 0 Å². The summed E-state index contributed by atoms with van der Waals surface area (Å²) in [6.07, 6.45) is 9.58. The van der Waals surface area contributed by atoms with Crippen molar-refractivity contribution in [2.45, 2.75) is 65.1 Å². The van der Waals surface area contributed by atoms with E-state index in [0.717, 1.165) is 43.2 Å². The topological polar surface area (TPSA) is 95.0 Å². The molecule has 0 radical (unpaired) electrons. The quantitative estimate of drug-likeness (QED) is 0.418. The number of allylic oxidation sites excluding steroid dienone is 2. The molecule has 0 saturated carbocycles. The third kappa shape index (κ3) is 7.15. The zero-order valence-corrected chi connectivity index (χ0v) is 20.7. The van der Waals surface area contributed by atoms with Crippen molar-refractivity contribution in [1.29, 1.82) is 0 Å². The van der Waals surface area contributed by atoms with Crippen LogP contribution in [0.1, 0.15) is 84.7 Å². The second-order valence-electron chi connectivity index (χ2n) is 8.11. The van der Waals surface area contributed by atoms with E-state index in [4.69, 9.17) is 14.2 Å². The molecule has 0 unspecified atom stereocenters. The number of hydrogen-bond acceptors (Lipinski definition) is 7. The van der Waals surface area contributed by atoms with Gasteiger partial charge in [-0.1, -0.05) is 26.8 Å². The Kier molecular flexibility index (Phi) is 10.3. The minimum Gasteiger partial charge on any atom is -0.489 e. The third-order valence-electron chi connectivity index (χ3n) is 6.07. The van der Waals surface area contributed by atoms with Crippen LogP contribution in [0.15, 0.2) is 42.7 Å². The van der Waals surface area contributed by atoms with Crippen LogP contribution in [-0.2, 0) is 16.1 Å². The largest absolute Gasteiger partial charge is 0.489 e. The van der Waals surface area contributed by atoms with E-state index in [1.807, 2.05) is 26.1 Å². The number of aliphatic hydroxyl groups is 1. The Bertz CT molecular complexity index is 1010. The highest BCUT2D eigenvalue weighted by atomic mass is 16.5. The highest BCUT2D eigenvalue weighted by Gasteiger charge is 2.21. The number of hydrogen-bond donors (Lipinski definition) is 1. The van der Waals surface area contributed by atoms with Crippen LogP contribution < -0.4 is 4.74 Å². The Balaban J connectivity index is 2.15. The fraction of sp³-hybridized carbons (Fsp3) is 0.444. The molecular formula is C27H35NO6. The molecule has 0 saturated heterocycles. The average Bonchev–Trinajstić information content (AvgIpc) is 2.88. The van der Waals surface area contributed by atoms with Gasteiger partial charge >= 0.3 is 11.9 Å². The standard InChI is InChI=1S/C27H35NO6/c1-6-20(10-9-13-27(31,7-2)8-3)21-14-19(16-28-17-21)18-34-22-11-12-23(25(29)32-4)24(15-22)26(30)33-5/h10-12,14-17,31H,6-9,13,18H2,1-5H3. The molecule has 0 aliphatic heterocycles. The van der Waals surface area contributed by atoms with E-state index in [0.29, 0.717) is 5.75 Å². The maximum atomic E-state index is 12.1. The summed E-state index contributed by atoms with van der Waals surface area (Å²) in [5, 5.41) is 10.5. The maximum Gasteiger partial charge on any atom is 0.338 e. The van der Waals surface area contributed by atoms with Gasteiger partial charge in [0.2, 0.25) is 0 Å². The number of ether oxygens (including phenoxy) is 3. The van der Waals surface area contributed by atoms with E-state index in [1.54, 1.807) is 12.3 Å². The van der Waals surface area contributed by atoms with Gasteiger partial charge in [0.1, 0.15) is 12.4 Å². The number of rotatable bonds is 12. The maximum absolute atomic E-state index is 12.1. The molecule has 0 bridgehead atoms. The first kappa shape index (κ1) is 27.1. The lowest BCUT2D eigenvalue weighted by molar-refractivity contribution is 0.0246. The van der Waals surface area contributed by atoms with Gasteiger partial charge in [-0.25, -0.2) is 9.59 Å². The van der Waals surface area contributed by atoms with Gasteiger partial charge in [-0.2, -0.15) is 0 Å². The van der Waals surface area contributed by atoms with Gasteiger partial charge in [0, 0.05) is 18.0 Å². The van der Waals surface area contributed by atoms with Crippen LogP contribution in [-0.4, -0.2) is 41.8 Å². The summed E-state index contributed by atoms with van der Waals surface area (Å²) >= 11 is 0. The molecule has 2 rings (SSSR count). The van der Waals surface area contributed by atoms with Gasteiger partial charge in [0.15, 0.2) is 0 Å². The van der Waals surface area contributed by atoms with Crippen molar-refractivity contribution in [3.8, 4) is 5.75 Å². The predicted octanol–water partition coefficient (Wildman–Crippen LogP) is 5.36. The van der Waals surface area contributed by atoms with E-state index in [9.17, 15) is 14.7 Å². The number of pyridine rings is 1. The Hall–Kier alpha value is -3.19. The first-order chi connectivity index (χ1) is 16.3. The van der Waals surface area contributed by atoms with Gasteiger partial charge in [-0.3, -0.25) is 4.98 Å². The molecule has 0 atom stereocenters. The summed E-state index contributed by atoms with van der Waals surface area (Å²) in [7, 11) is 2.50.